The normalized spacial score (nSPS) is 13.8. The third-order valence-corrected chi connectivity index (χ3v) is 2.53. The van der Waals surface area contributed by atoms with Crippen molar-refractivity contribution in [2.45, 2.75) is 32.4 Å². The topological polar surface area (TPSA) is 99.1 Å². The molecule has 0 aliphatic rings. The van der Waals surface area contributed by atoms with Crippen molar-refractivity contribution in [2.75, 3.05) is 27.3 Å². The number of aliphatic hydroxyl groups is 2. The molecule has 0 aromatic rings. The van der Waals surface area contributed by atoms with Crippen LogP contribution in [0, 0.1) is 5.92 Å². The van der Waals surface area contributed by atoms with Crippen LogP contribution >= 0.6 is 0 Å². The SMILES string of the molecule is COC(=O)[C@H](CC(C)C)NC(=O)N(C)CC(O)CO. The Bertz CT molecular complexity index is 296. The molecule has 0 spiro atoms. The van der Waals surface area contributed by atoms with Crippen LogP contribution < -0.4 is 5.32 Å². The second kappa shape index (κ2) is 8.71. The summed E-state index contributed by atoms with van der Waals surface area (Å²) in [6.07, 6.45) is -0.535. The summed E-state index contributed by atoms with van der Waals surface area (Å²) in [5.41, 5.74) is 0. The monoisotopic (exact) mass is 276 g/mol. The van der Waals surface area contributed by atoms with Crippen LogP contribution in [0.3, 0.4) is 0 Å². The van der Waals surface area contributed by atoms with E-state index >= 15 is 0 Å². The van der Waals surface area contributed by atoms with Crippen molar-refractivity contribution in [1.29, 1.82) is 0 Å². The molecule has 3 N–H and O–H groups in total. The molecule has 0 aromatic heterocycles. The molecule has 0 aliphatic heterocycles. The first-order valence-corrected chi connectivity index (χ1v) is 6.20. The highest BCUT2D eigenvalue weighted by Crippen LogP contribution is 2.06. The van der Waals surface area contributed by atoms with Gasteiger partial charge < -0.3 is 25.2 Å². The minimum atomic E-state index is -1.00. The number of esters is 1. The number of nitrogens with zero attached hydrogens (tertiary/aromatic N) is 1. The van der Waals surface area contributed by atoms with Gasteiger partial charge in [0.1, 0.15) is 6.04 Å². The van der Waals surface area contributed by atoms with E-state index in [0.717, 1.165) is 0 Å². The Morgan fingerprint density at radius 3 is 2.37 bits per heavy atom. The van der Waals surface area contributed by atoms with E-state index in [-0.39, 0.29) is 12.5 Å². The van der Waals surface area contributed by atoms with Crippen molar-refractivity contribution in [3.63, 3.8) is 0 Å². The summed E-state index contributed by atoms with van der Waals surface area (Å²) in [5, 5.41) is 20.5. The number of urea groups is 1. The highest BCUT2D eigenvalue weighted by Gasteiger charge is 2.24. The summed E-state index contributed by atoms with van der Waals surface area (Å²) in [7, 11) is 2.74. The number of carbonyl (C=O) groups is 2. The van der Waals surface area contributed by atoms with Crippen LogP contribution in [0.2, 0.25) is 0 Å². The average molecular weight is 276 g/mol. The van der Waals surface area contributed by atoms with Gasteiger partial charge in [-0.15, -0.1) is 0 Å². The molecule has 0 fully saturated rings. The average Bonchev–Trinajstić information content (AvgIpc) is 2.35. The molecule has 19 heavy (non-hydrogen) atoms. The molecule has 0 aliphatic carbocycles. The lowest BCUT2D eigenvalue weighted by Crippen LogP contribution is -2.49. The second-order valence-corrected chi connectivity index (χ2v) is 4.87. The fourth-order valence-corrected chi connectivity index (χ4v) is 1.54. The Balaban J connectivity index is 4.48. The van der Waals surface area contributed by atoms with E-state index < -0.39 is 30.8 Å². The molecule has 1 unspecified atom stereocenters. The quantitative estimate of drug-likeness (QED) is 0.548. The Kier molecular flexibility index (Phi) is 8.09. The van der Waals surface area contributed by atoms with Gasteiger partial charge in [0.25, 0.3) is 0 Å². The van der Waals surface area contributed by atoms with Gasteiger partial charge >= 0.3 is 12.0 Å². The summed E-state index contributed by atoms with van der Waals surface area (Å²) in [6.45, 7) is 3.42. The molecule has 2 amide bonds. The standard InChI is InChI=1S/C12H24N2O5/c1-8(2)5-10(11(17)19-4)13-12(18)14(3)6-9(16)7-15/h8-10,15-16H,5-7H2,1-4H3,(H,13,18)/t9?,10-/m0/s1. The van der Waals surface area contributed by atoms with Gasteiger partial charge in [-0.1, -0.05) is 13.8 Å². The largest absolute Gasteiger partial charge is 0.467 e. The maximum Gasteiger partial charge on any atom is 0.328 e. The summed E-state index contributed by atoms with van der Waals surface area (Å²) in [4.78, 5) is 24.6. The van der Waals surface area contributed by atoms with Crippen molar-refractivity contribution in [3.8, 4) is 0 Å². The Morgan fingerprint density at radius 2 is 1.95 bits per heavy atom. The second-order valence-electron chi connectivity index (χ2n) is 4.87. The van der Waals surface area contributed by atoms with Crippen molar-refractivity contribution < 1.29 is 24.5 Å². The van der Waals surface area contributed by atoms with Crippen LogP contribution in [0.15, 0.2) is 0 Å². The van der Waals surface area contributed by atoms with E-state index in [1.165, 1.54) is 19.1 Å². The number of likely N-dealkylation sites (N-methyl/N-ethyl adjacent to an activating group) is 1. The molecule has 0 heterocycles. The van der Waals surface area contributed by atoms with Crippen molar-refractivity contribution >= 4 is 12.0 Å². The number of rotatable bonds is 7. The van der Waals surface area contributed by atoms with Gasteiger partial charge in [-0.25, -0.2) is 9.59 Å². The molecule has 7 heteroatoms. The molecule has 0 radical (unpaired) electrons. The number of aliphatic hydroxyl groups excluding tert-OH is 2. The third-order valence-electron chi connectivity index (χ3n) is 2.53. The summed E-state index contributed by atoms with van der Waals surface area (Å²) >= 11 is 0. The van der Waals surface area contributed by atoms with Crippen molar-refractivity contribution in [1.82, 2.24) is 10.2 Å². The first-order chi connectivity index (χ1) is 8.81. The van der Waals surface area contributed by atoms with Gasteiger partial charge in [-0.3, -0.25) is 0 Å². The lowest BCUT2D eigenvalue weighted by atomic mass is 10.0. The van der Waals surface area contributed by atoms with Gasteiger partial charge in [-0.2, -0.15) is 0 Å². The van der Waals surface area contributed by atoms with E-state index in [4.69, 9.17) is 5.11 Å². The van der Waals surface area contributed by atoms with Crippen LogP contribution in [-0.2, 0) is 9.53 Å². The van der Waals surface area contributed by atoms with E-state index in [0.29, 0.717) is 6.42 Å². The minimum Gasteiger partial charge on any atom is -0.467 e. The number of ether oxygens (including phenoxy) is 1. The molecule has 0 bridgehead atoms. The van der Waals surface area contributed by atoms with Gasteiger partial charge in [0.05, 0.1) is 26.4 Å². The van der Waals surface area contributed by atoms with Crippen molar-refractivity contribution in [2.24, 2.45) is 5.92 Å². The molecule has 112 valence electrons. The van der Waals surface area contributed by atoms with Crippen LogP contribution in [0.4, 0.5) is 4.79 Å². The van der Waals surface area contributed by atoms with Gasteiger partial charge in [0, 0.05) is 7.05 Å². The Morgan fingerprint density at radius 1 is 1.37 bits per heavy atom. The molecule has 7 nitrogen and oxygen atoms in total. The van der Waals surface area contributed by atoms with E-state index in [9.17, 15) is 14.7 Å². The third kappa shape index (κ3) is 6.97. The fourth-order valence-electron chi connectivity index (χ4n) is 1.54. The van der Waals surface area contributed by atoms with Crippen LogP contribution in [0.25, 0.3) is 0 Å². The fraction of sp³-hybridized carbons (Fsp3) is 0.833. The minimum absolute atomic E-state index is 0.0160. The smallest absolute Gasteiger partial charge is 0.328 e. The summed E-state index contributed by atoms with van der Waals surface area (Å²) < 4.78 is 4.63. The molecular formula is C12H24N2O5. The molecular weight excluding hydrogens is 252 g/mol. The summed E-state index contributed by atoms with van der Waals surface area (Å²) in [5.74, 6) is -0.282. The predicted octanol–water partition coefficient (Wildman–Crippen LogP) is -0.431. The highest BCUT2D eigenvalue weighted by molar-refractivity contribution is 5.83. The number of hydrogen-bond donors (Lipinski definition) is 3. The van der Waals surface area contributed by atoms with Gasteiger partial charge in [0.2, 0.25) is 0 Å². The zero-order valence-corrected chi connectivity index (χ0v) is 11.9. The van der Waals surface area contributed by atoms with E-state index in [2.05, 4.69) is 10.1 Å². The number of amides is 2. The Hall–Kier alpha value is -1.34. The van der Waals surface area contributed by atoms with E-state index in [1.807, 2.05) is 13.8 Å². The number of hydrogen-bond acceptors (Lipinski definition) is 5. The molecule has 0 aromatic carbocycles. The number of carbonyl (C=O) groups excluding carboxylic acids is 2. The first-order valence-electron chi connectivity index (χ1n) is 6.20. The summed E-state index contributed by atoms with van der Waals surface area (Å²) in [6, 6.07) is -1.21. The zero-order valence-electron chi connectivity index (χ0n) is 11.9. The molecule has 2 atom stereocenters. The number of nitrogens with one attached hydrogen (secondary N) is 1. The maximum absolute atomic E-state index is 11.8. The van der Waals surface area contributed by atoms with Gasteiger partial charge in [-0.05, 0) is 12.3 Å². The lowest BCUT2D eigenvalue weighted by molar-refractivity contribution is -0.143. The Labute approximate surface area is 113 Å². The first kappa shape index (κ1) is 17.7. The van der Waals surface area contributed by atoms with Crippen LogP contribution in [0.5, 0.6) is 0 Å². The molecule has 0 saturated carbocycles. The van der Waals surface area contributed by atoms with Crippen LogP contribution in [-0.4, -0.2) is 66.6 Å². The molecule has 0 saturated heterocycles. The zero-order chi connectivity index (χ0) is 15.0. The van der Waals surface area contributed by atoms with Gasteiger partial charge in [0.15, 0.2) is 0 Å². The lowest BCUT2D eigenvalue weighted by Gasteiger charge is -2.24. The van der Waals surface area contributed by atoms with E-state index in [1.54, 1.807) is 0 Å². The maximum atomic E-state index is 11.8. The predicted molar refractivity (Wildman–Crippen MR) is 69.5 cm³/mol. The van der Waals surface area contributed by atoms with Crippen LogP contribution in [0.1, 0.15) is 20.3 Å². The van der Waals surface area contributed by atoms with Crippen molar-refractivity contribution in [3.05, 3.63) is 0 Å². The number of methoxy groups -OCH3 is 1. The molecule has 0 rings (SSSR count). The highest BCUT2D eigenvalue weighted by atomic mass is 16.5.